The number of rotatable bonds is 5. The minimum absolute atomic E-state index is 0.0310. The molecule has 26 heavy (non-hydrogen) atoms. The van der Waals surface area contributed by atoms with Gasteiger partial charge in [0, 0.05) is 19.1 Å². The van der Waals surface area contributed by atoms with Gasteiger partial charge >= 0.3 is 12.7 Å². The van der Waals surface area contributed by atoms with E-state index in [2.05, 4.69) is 30.9 Å². The lowest BCUT2D eigenvalue weighted by Gasteiger charge is -2.33. The number of hydrogen-bond donors (Lipinski definition) is 1. The molecule has 1 fully saturated rings. The van der Waals surface area contributed by atoms with Crippen LogP contribution in [0.3, 0.4) is 0 Å². The molecule has 1 unspecified atom stereocenters. The van der Waals surface area contributed by atoms with Crippen molar-refractivity contribution in [1.82, 2.24) is 10.2 Å². The fourth-order valence-electron chi connectivity index (χ4n) is 2.88. The van der Waals surface area contributed by atoms with E-state index in [1.54, 1.807) is 12.1 Å². The van der Waals surface area contributed by atoms with Crippen LogP contribution in [0, 0.1) is 0 Å². The second-order valence-corrected chi connectivity index (χ2v) is 8.22. The second kappa shape index (κ2) is 8.99. The van der Waals surface area contributed by atoms with Crippen LogP contribution in [0.2, 0.25) is 0 Å². The number of halogens is 3. The molecule has 1 heterocycles. The summed E-state index contributed by atoms with van der Waals surface area (Å²) in [6.45, 7) is 4.95. The van der Waals surface area contributed by atoms with Crippen molar-refractivity contribution in [2.75, 3.05) is 13.1 Å². The molecule has 1 N–H and O–H groups in total. The molecular formula is C18H25BrF2N2O3. The van der Waals surface area contributed by atoms with Gasteiger partial charge in [-0.3, -0.25) is 4.90 Å². The van der Waals surface area contributed by atoms with E-state index in [0.717, 1.165) is 24.9 Å². The van der Waals surface area contributed by atoms with Crippen LogP contribution >= 0.6 is 15.9 Å². The molecule has 1 aliphatic rings. The Morgan fingerprint density at radius 3 is 2.77 bits per heavy atom. The number of nitrogens with zero attached hydrogens (tertiary/aromatic N) is 1. The maximum absolute atomic E-state index is 12.3. The highest BCUT2D eigenvalue weighted by Crippen LogP contribution is 2.28. The normalized spacial score (nSPS) is 18.7. The first-order valence-corrected chi connectivity index (χ1v) is 9.37. The summed E-state index contributed by atoms with van der Waals surface area (Å²) < 4.78 is 34.9. The first-order valence-electron chi connectivity index (χ1n) is 8.57. The van der Waals surface area contributed by atoms with E-state index in [0.29, 0.717) is 17.6 Å². The lowest BCUT2D eigenvalue weighted by atomic mass is 10.0. The van der Waals surface area contributed by atoms with Gasteiger partial charge in [0.2, 0.25) is 0 Å². The van der Waals surface area contributed by atoms with Crippen LogP contribution in [0.25, 0.3) is 0 Å². The van der Waals surface area contributed by atoms with Crippen molar-refractivity contribution in [3.8, 4) is 5.75 Å². The van der Waals surface area contributed by atoms with E-state index in [4.69, 9.17) is 4.74 Å². The highest BCUT2D eigenvalue weighted by atomic mass is 79.9. The van der Waals surface area contributed by atoms with E-state index in [9.17, 15) is 13.6 Å². The highest BCUT2D eigenvalue weighted by molar-refractivity contribution is 9.10. The summed E-state index contributed by atoms with van der Waals surface area (Å²) in [4.78, 5) is 14.2. The number of alkyl carbamates (subject to hydrolysis) is 1. The van der Waals surface area contributed by atoms with Crippen LogP contribution in [-0.2, 0) is 11.3 Å². The van der Waals surface area contributed by atoms with Crippen molar-refractivity contribution >= 4 is 22.0 Å². The summed E-state index contributed by atoms with van der Waals surface area (Å²) in [6.07, 6.45) is 1.47. The molecule has 0 aliphatic carbocycles. The minimum atomic E-state index is -2.85. The van der Waals surface area contributed by atoms with Crippen LogP contribution in [-0.4, -0.2) is 42.3 Å². The zero-order valence-corrected chi connectivity index (χ0v) is 16.8. The van der Waals surface area contributed by atoms with E-state index >= 15 is 0 Å². The lowest BCUT2D eigenvalue weighted by molar-refractivity contribution is -0.0503. The summed E-state index contributed by atoms with van der Waals surface area (Å²) in [7, 11) is 0. The SMILES string of the molecule is CC(C)(C)OC(=O)NC1CCCN(Cc2ccc(OC(F)F)c(Br)c2)C1. The van der Waals surface area contributed by atoms with E-state index in [-0.39, 0.29) is 11.8 Å². The quantitative estimate of drug-likeness (QED) is 0.738. The van der Waals surface area contributed by atoms with Crippen molar-refractivity contribution in [3.63, 3.8) is 0 Å². The first-order chi connectivity index (χ1) is 12.1. The summed E-state index contributed by atoms with van der Waals surface area (Å²) in [5, 5.41) is 2.92. The van der Waals surface area contributed by atoms with Gasteiger partial charge in [-0.25, -0.2) is 4.79 Å². The molecule has 1 amide bonds. The van der Waals surface area contributed by atoms with Crippen molar-refractivity contribution in [1.29, 1.82) is 0 Å². The summed E-state index contributed by atoms with van der Waals surface area (Å²) >= 11 is 3.26. The van der Waals surface area contributed by atoms with Gasteiger partial charge in [-0.1, -0.05) is 6.07 Å². The Bertz CT molecular complexity index is 623. The van der Waals surface area contributed by atoms with Crippen molar-refractivity contribution in [2.45, 2.75) is 58.4 Å². The van der Waals surface area contributed by atoms with Gasteiger partial charge in [0.25, 0.3) is 0 Å². The maximum Gasteiger partial charge on any atom is 0.407 e. The van der Waals surface area contributed by atoms with Crippen LogP contribution < -0.4 is 10.1 Å². The molecule has 2 rings (SSSR count). The van der Waals surface area contributed by atoms with Crippen LogP contribution in [0.5, 0.6) is 5.75 Å². The van der Waals surface area contributed by atoms with Crippen molar-refractivity contribution < 1.29 is 23.0 Å². The summed E-state index contributed by atoms with van der Waals surface area (Å²) in [5.74, 6) is 0.117. The predicted molar refractivity (Wildman–Crippen MR) is 98.4 cm³/mol. The molecule has 1 atom stereocenters. The molecule has 0 spiro atoms. The molecule has 1 aromatic rings. The monoisotopic (exact) mass is 434 g/mol. The molecule has 1 aromatic carbocycles. The summed E-state index contributed by atoms with van der Waals surface area (Å²) in [5.41, 5.74) is 0.462. The van der Waals surface area contributed by atoms with Gasteiger partial charge in [0.15, 0.2) is 0 Å². The fraction of sp³-hybridized carbons (Fsp3) is 0.611. The Morgan fingerprint density at radius 1 is 1.42 bits per heavy atom. The molecule has 8 heteroatoms. The zero-order valence-electron chi connectivity index (χ0n) is 15.2. The van der Waals surface area contributed by atoms with Crippen LogP contribution in [0.15, 0.2) is 22.7 Å². The first kappa shape index (κ1) is 20.9. The van der Waals surface area contributed by atoms with Gasteiger partial charge in [0.1, 0.15) is 11.4 Å². The minimum Gasteiger partial charge on any atom is -0.444 e. The molecule has 1 saturated heterocycles. The maximum atomic E-state index is 12.3. The number of benzene rings is 1. The number of ether oxygens (including phenoxy) is 2. The number of alkyl halides is 2. The Hall–Kier alpha value is -1.41. The number of hydrogen-bond acceptors (Lipinski definition) is 4. The van der Waals surface area contributed by atoms with Gasteiger partial charge in [-0.15, -0.1) is 0 Å². The smallest absolute Gasteiger partial charge is 0.407 e. The Morgan fingerprint density at radius 2 is 2.15 bits per heavy atom. The van der Waals surface area contributed by atoms with Gasteiger partial charge in [-0.2, -0.15) is 8.78 Å². The molecule has 1 aliphatic heterocycles. The molecule has 0 bridgehead atoms. The Balaban J connectivity index is 1.89. The lowest BCUT2D eigenvalue weighted by Crippen LogP contribution is -2.48. The molecule has 146 valence electrons. The average molecular weight is 435 g/mol. The fourth-order valence-corrected chi connectivity index (χ4v) is 3.40. The third kappa shape index (κ3) is 7.07. The zero-order chi connectivity index (χ0) is 19.3. The van der Waals surface area contributed by atoms with Crippen LogP contribution in [0.4, 0.5) is 13.6 Å². The third-order valence-corrected chi connectivity index (χ3v) is 4.46. The molecule has 0 saturated carbocycles. The average Bonchev–Trinajstić information content (AvgIpc) is 2.48. The topological polar surface area (TPSA) is 50.8 Å². The molecular weight excluding hydrogens is 410 g/mol. The van der Waals surface area contributed by atoms with Gasteiger partial charge in [0.05, 0.1) is 4.47 Å². The van der Waals surface area contributed by atoms with E-state index < -0.39 is 18.3 Å². The number of carbonyl (C=O) groups excluding carboxylic acids is 1. The number of amides is 1. The van der Waals surface area contributed by atoms with Crippen molar-refractivity contribution in [2.24, 2.45) is 0 Å². The third-order valence-electron chi connectivity index (χ3n) is 3.84. The summed E-state index contributed by atoms with van der Waals surface area (Å²) in [6, 6.07) is 5.12. The number of carbonyl (C=O) groups is 1. The Labute approximate surface area is 161 Å². The second-order valence-electron chi connectivity index (χ2n) is 7.36. The van der Waals surface area contributed by atoms with Gasteiger partial charge < -0.3 is 14.8 Å². The molecule has 5 nitrogen and oxygen atoms in total. The molecule has 0 radical (unpaired) electrons. The number of piperidine rings is 1. The predicted octanol–water partition coefficient (Wildman–Crippen LogP) is 4.54. The molecule has 0 aromatic heterocycles. The van der Waals surface area contributed by atoms with E-state index in [1.807, 2.05) is 20.8 Å². The van der Waals surface area contributed by atoms with Gasteiger partial charge in [-0.05, 0) is 73.8 Å². The standard InChI is InChI=1S/C18H25BrF2N2O3/c1-18(2,3)26-17(24)22-13-5-4-8-23(11-13)10-12-6-7-15(14(19)9-12)25-16(20)21/h6-7,9,13,16H,4-5,8,10-11H2,1-3H3,(H,22,24). The van der Waals surface area contributed by atoms with Crippen molar-refractivity contribution in [3.05, 3.63) is 28.2 Å². The highest BCUT2D eigenvalue weighted by Gasteiger charge is 2.24. The largest absolute Gasteiger partial charge is 0.444 e. The number of nitrogens with one attached hydrogen (secondary N) is 1. The van der Waals surface area contributed by atoms with Crippen LogP contribution in [0.1, 0.15) is 39.2 Å². The number of likely N-dealkylation sites (tertiary alicyclic amines) is 1. The Kier molecular flexibility index (Phi) is 7.23. The van der Waals surface area contributed by atoms with E-state index in [1.165, 1.54) is 6.07 Å².